The second-order valence-electron chi connectivity index (χ2n) is 4.95. The molecule has 2 rings (SSSR count). The molecule has 2 heterocycles. The van der Waals surface area contributed by atoms with E-state index < -0.39 is 0 Å². The predicted octanol–water partition coefficient (Wildman–Crippen LogP) is 2.06. The highest BCUT2D eigenvalue weighted by Gasteiger charge is 2.31. The van der Waals surface area contributed by atoms with Crippen molar-refractivity contribution in [3.8, 4) is 6.07 Å². The highest BCUT2D eigenvalue weighted by atomic mass is 32.1. The molecule has 1 saturated heterocycles. The Hall–Kier alpha value is -0.930. The van der Waals surface area contributed by atoms with Crippen LogP contribution in [0.5, 0.6) is 0 Å². The fourth-order valence-electron chi connectivity index (χ4n) is 2.50. The molecule has 4 nitrogen and oxygen atoms in total. The van der Waals surface area contributed by atoms with Crippen molar-refractivity contribution in [2.24, 2.45) is 5.73 Å². The Bertz CT molecular complexity index is 454. The molecule has 1 aromatic rings. The average molecular weight is 279 g/mol. The summed E-state index contributed by atoms with van der Waals surface area (Å²) in [6.45, 7) is 6.31. The van der Waals surface area contributed by atoms with Gasteiger partial charge in [0.2, 0.25) is 0 Å². The van der Waals surface area contributed by atoms with E-state index in [0.717, 1.165) is 13.0 Å². The van der Waals surface area contributed by atoms with Crippen LogP contribution in [0.4, 0.5) is 0 Å². The van der Waals surface area contributed by atoms with E-state index in [1.54, 1.807) is 11.3 Å². The van der Waals surface area contributed by atoms with Crippen LogP contribution in [0.15, 0.2) is 12.1 Å². The van der Waals surface area contributed by atoms with Crippen molar-refractivity contribution in [1.29, 1.82) is 5.26 Å². The number of hydrogen-bond donors (Lipinski definition) is 1. The summed E-state index contributed by atoms with van der Waals surface area (Å²) in [6.07, 6.45) is 0.595. The van der Waals surface area contributed by atoms with Gasteiger partial charge in [-0.25, -0.2) is 0 Å². The monoisotopic (exact) mass is 279 g/mol. The first-order chi connectivity index (χ1) is 9.15. The molecule has 0 aromatic carbocycles. The van der Waals surface area contributed by atoms with Gasteiger partial charge in [0.25, 0.3) is 0 Å². The maximum atomic E-state index is 9.03. The van der Waals surface area contributed by atoms with Gasteiger partial charge < -0.3 is 10.5 Å². The third-order valence-corrected chi connectivity index (χ3v) is 4.64. The minimum Gasteiger partial charge on any atom is -0.361 e. The molecule has 0 spiro atoms. The normalized spacial score (nSPS) is 23.8. The van der Waals surface area contributed by atoms with Crippen LogP contribution >= 0.6 is 11.3 Å². The number of nitriles is 1. The molecule has 19 heavy (non-hydrogen) atoms. The lowest BCUT2D eigenvalue weighted by molar-refractivity contribution is -0.0216. The number of nitrogens with zero attached hydrogens (tertiary/aromatic N) is 2. The van der Waals surface area contributed by atoms with Crippen LogP contribution in [-0.4, -0.2) is 36.7 Å². The number of rotatable bonds is 4. The summed E-state index contributed by atoms with van der Waals surface area (Å²) in [6, 6.07) is 6.79. The van der Waals surface area contributed by atoms with Crippen molar-refractivity contribution in [2.45, 2.75) is 38.5 Å². The fraction of sp³-hybridized carbons (Fsp3) is 0.643. The Morgan fingerprint density at radius 1 is 1.63 bits per heavy atom. The Morgan fingerprint density at radius 2 is 2.42 bits per heavy atom. The number of thiophene rings is 1. The van der Waals surface area contributed by atoms with Crippen LogP contribution in [0.3, 0.4) is 0 Å². The Kier molecular flexibility index (Phi) is 4.94. The van der Waals surface area contributed by atoms with Gasteiger partial charge >= 0.3 is 0 Å². The molecule has 1 fully saturated rings. The first-order valence-electron chi connectivity index (χ1n) is 6.73. The number of ether oxygens (including phenoxy) is 1. The molecule has 0 aliphatic carbocycles. The molecule has 1 aliphatic rings. The van der Waals surface area contributed by atoms with Crippen molar-refractivity contribution >= 4 is 11.3 Å². The molecule has 1 aliphatic heterocycles. The lowest BCUT2D eigenvalue weighted by Gasteiger charge is -2.38. The molecule has 1 aromatic heterocycles. The van der Waals surface area contributed by atoms with Crippen molar-refractivity contribution in [1.82, 2.24) is 4.90 Å². The summed E-state index contributed by atoms with van der Waals surface area (Å²) in [5, 5.41) is 9.03. The second-order valence-corrected chi connectivity index (χ2v) is 6.27. The quantitative estimate of drug-likeness (QED) is 0.916. The molecule has 5 heteroatoms. The first kappa shape index (κ1) is 14.5. The lowest BCUT2D eigenvalue weighted by atomic mass is 10.0. The Balaban J connectivity index is 2.20. The smallest absolute Gasteiger partial charge is 0.156 e. The van der Waals surface area contributed by atoms with Gasteiger partial charge in [0.05, 0.1) is 18.7 Å². The summed E-state index contributed by atoms with van der Waals surface area (Å²) in [7, 11) is 0. The molecule has 3 unspecified atom stereocenters. The standard InChI is InChI=1S/C14H21N3OS/c1-3-12(16)14(13-5-4-10(2)19-13)17-6-7-18-11(8-15)9-17/h4-5,11-12,14H,3,6-7,9,16H2,1-2H3. The van der Waals surface area contributed by atoms with Crippen LogP contribution in [-0.2, 0) is 4.74 Å². The minimum atomic E-state index is -0.332. The van der Waals surface area contributed by atoms with Gasteiger partial charge in [-0.05, 0) is 25.5 Å². The van der Waals surface area contributed by atoms with Gasteiger partial charge in [-0.3, -0.25) is 4.90 Å². The third-order valence-electron chi connectivity index (χ3n) is 3.56. The van der Waals surface area contributed by atoms with Crippen molar-refractivity contribution in [3.05, 3.63) is 21.9 Å². The van der Waals surface area contributed by atoms with Gasteiger partial charge in [-0.2, -0.15) is 5.26 Å². The molecule has 3 atom stereocenters. The van der Waals surface area contributed by atoms with Crippen LogP contribution < -0.4 is 5.73 Å². The van der Waals surface area contributed by atoms with Crippen LogP contribution in [0.1, 0.15) is 29.1 Å². The van der Waals surface area contributed by atoms with Crippen LogP contribution in [0.25, 0.3) is 0 Å². The van der Waals surface area contributed by atoms with E-state index in [2.05, 4.69) is 36.9 Å². The van der Waals surface area contributed by atoms with Crippen molar-refractivity contribution in [2.75, 3.05) is 19.7 Å². The zero-order valence-corrected chi connectivity index (χ0v) is 12.3. The van der Waals surface area contributed by atoms with E-state index in [4.69, 9.17) is 15.7 Å². The van der Waals surface area contributed by atoms with Gasteiger partial charge in [0.1, 0.15) is 0 Å². The Labute approximate surface area is 118 Å². The maximum Gasteiger partial charge on any atom is 0.156 e. The SMILES string of the molecule is CCC(N)C(c1ccc(C)s1)N1CCOC(C#N)C1. The van der Waals surface area contributed by atoms with E-state index in [-0.39, 0.29) is 18.2 Å². The van der Waals surface area contributed by atoms with E-state index in [0.29, 0.717) is 13.2 Å². The van der Waals surface area contributed by atoms with Gasteiger partial charge in [-0.15, -0.1) is 11.3 Å². The molecular formula is C14H21N3OS. The zero-order valence-electron chi connectivity index (χ0n) is 11.5. The van der Waals surface area contributed by atoms with E-state index >= 15 is 0 Å². The van der Waals surface area contributed by atoms with Crippen molar-refractivity contribution in [3.63, 3.8) is 0 Å². The zero-order chi connectivity index (χ0) is 13.8. The van der Waals surface area contributed by atoms with E-state index in [1.807, 2.05) is 0 Å². The fourth-order valence-corrected chi connectivity index (χ4v) is 3.59. The number of aryl methyl sites for hydroxylation is 1. The second kappa shape index (κ2) is 6.49. The summed E-state index contributed by atoms with van der Waals surface area (Å²) >= 11 is 1.80. The molecule has 2 N–H and O–H groups in total. The van der Waals surface area contributed by atoms with E-state index in [9.17, 15) is 0 Å². The predicted molar refractivity (Wildman–Crippen MR) is 77.0 cm³/mol. The molecule has 104 valence electrons. The molecule has 0 bridgehead atoms. The lowest BCUT2D eigenvalue weighted by Crippen LogP contribution is -2.48. The van der Waals surface area contributed by atoms with E-state index in [1.165, 1.54) is 9.75 Å². The van der Waals surface area contributed by atoms with Gasteiger partial charge in [0.15, 0.2) is 6.10 Å². The van der Waals surface area contributed by atoms with Crippen LogP contribution in [0, 0.1) is 18.3 Å². The number of morpholine rings is 1. The summed E-state index contributed by atoms with van der Waals surface area (Å²) in [5.41, 5.74) is 6.32. The van der Waals surface area contributed by atoms with Crippen molar-refractivity contribution < 1.29 is 4.74 Å². The molecule has 0 radical (unpaired) electrons. The highest BCUT2D eigenvalue weighted by molar-refractivity contribution is 7.12. The highest BCUT2D eigenvalue weighted by Crippen LogP contribution is 2.31. The Morgan fingerprint density at radius 3 is 3.00 bits per heavy atom. The first-order valence-corrected chi connectivity index (χ1v) is 7.54. The summed E-state index contributed by atoms with van der Waals surface area (Å²) in [4.78, 5) is 4.90. The summed E-state index contributed by atoms with van der Waals surface area (Å²) < 4.78 is 5.42. The van der Waals surface area contributed by atoms with Gasteiger partial charge in [-0.1, -0.05) is 6.92 Å². The topological polar surface area (TPSA) is 62.3 Å². The van der Waals surface area contributed by atoms with Gasteiger partial charge in [0, 0.05) is 28.9 Å². The van der Waals surface area contributed by atoms with Crippen LogP contribution in [0.2, 0.25) is 0 Å². The largest absolute Gasteiger partial charge is 0.361 e. The average Bonchev–Trinajstić information content (AvgIpc) is 2.85. The minimum absolute atomic E-state index is 0.0930. The molecule has 0 saturated carbocycles. The summed E-state index contributed by atoms with van der Waals surface area (Å²) in [5.74, 6) is 0. The molecular weight excluding hydrogens is 258 g/mol. The number of hydrogen-bond acceptors (Lipinski definition) is 5. The number of nitrogens with two attached hydrogens (primary N) is 1. The maximum absolute atomic E-state index is 9.03. The molecule has 0 amide bonds. The third kappa shape index (κ3) is 3.34.